The maximum absolute atomic E-state index is 13.6. The number of nitrogens with zero attached hydrogens (tertiary/aromatic N) is 2. The number of methoxy groups -OCH3 is 3. The van der Waals surface area contributed by atoms with Gasteiger partial charge < -0.3 is 32.9 Å². The van der Waals surface area contributed by atoms with Gasteiger partial charge in [0.05, 0.1) is 34.0 Å². The van der Waals surface area contributed by atoms with Crippen molar-refractivity contribution in [2.75, 3.05) is 65.7 Å². The van der Waals surface area contributed by atoms with Gasteiger partial charge in [0, 0.05) is 49.0 Å². The van der Waals surface area contributed by atoms with Gasteiger partial charge in [0.1, 0.15) is 35.4 Å². The molecule has 0 radical (unpaired) electrons. The number of carbonyl (C=O) groups is 1. The van der Waals surface area contributed by atoms with Gasteiger partial charge in [-0.15, -0.1) is 0 Å². The van der Waals surface area contributed by atoms with E-state index in [0.29, 0.717) is 34.1 Å². The average molecular weight is 916 g/mol. The van der Waals surface area contributed by atoms with E-state index in [9.17, 15) is 14.4 Å². The predicted molar refractivity (Wildman–Crippen MR) is 248 cm³/mol. The minimum Gasteiger partial charge on any atom is -0.497 e. The van der Waals surface area contributed by atoms with Crippen molar-refractivity contribution in [1.29, 1.82) is 0 Å². The monoisotopic (exact) mass is 915 g/mol. The summed E-state index contributed by atoms with van der Waals surface area (Å²) in [6.45, 7) is 3.81. The fraction of sp³-hybridized carbons (Fsp3) is 0.383. The summed E-state index contributed by atoms with van der Waals surface area (Å²) in [5.74, 6) is 2.63. The van der Waals surface area contributed by atoms with Crippen LogP contribution in [0.2, 0.25) is 0 Å². The molecule has 0 aliphatic carbocycles. The van der Waals surface area contributed by atoms with Crippen LogP contribution in [0.5, 0.6) is 11.5 Å². The highest BCUT2D eigenvalue weighted by Crippen LogP contribution is 2.58. The van der Waals surface area contributed by atoms with Gasteiger partial charge in [-0.2, -0.15) is 0 Å². The molecule has 0 amide bonds. The third-order valence-electron chi connectivity index (χ3n) is 11.0. The van der Waals surface area contributed by atoms with E-state index in [1.807, 2.05) is 109 Å². The predicted octanol–water partition coefficient (Wildman–Crippen LogP) is 7.81. The van der Waals surface area contributed by atoms with E-state index in [-0.39, 0.29) is 24.9 Å². The molecular formula is C47H54N3O10PS2. The molecule has 2 aliphatic rings. The molecule has 16 heteroatoms. The Morgan fingerprint density at radius 1 is 0.794 bits per heavy atom. The lowest BCUT2D eigenvalue weighted by Crippen LogP contribution is -2.42. The van der Waals surface area contributed by atoms with Crippen LogP contribution in [0.15, 0.2) is 125 Å². The van der Waals surface area contributed by atoms with Gasteiger partial charge in [0.15, 0.2) is 13.7 Å². The number of hydrogen-bond donors (Lipinski definition) is 1. The second-order valence-electron chi connectivity index (χ2n) is 15.0. The number of thioether (sulfide) groups is 1. The van der Waals surface area contributed by atoms with Gasteiger partial charge in [-0.05, 0) is 60.7 Å². The number of rotatable bonds is 21. The number of H-pyrrole nitrogens is 1. The molecule has 2 aliphatic heterocycles. The molecule has 2 fully saturated rings. The summed E-state index contributed by atoms with van der Waals surface area (Å²) in [6, 6.07) is 34.9. The van der Waals surface area contributed by atoms with Crippen LogP contribution in [0.1, 0.15) is 51.7 Å². The van der Waals surface area contributed by atoms with Crippen molar-refractivity contribution in [2.45, 2.75) is 49.9 Å². The van der Waals surface area contributed by atoms with Crippen LogP contribution in [0.25, 0.3) is 0 Å². The molecule has 1 aromatic heterocycles. The summed E-state index contributed by atoms with van der Waals surface area (Å²) in [5.41, 5.74) is 1.25. The van der Waals surface area contributed by atoms with Crippen molar-refractivity contribution in [2.24, 2.45) is 0 Å². The third kappa shape index (κ3) is 11.2. The van der Waals surface area contributed by atoms with Crippen LogP contribution in [-0.2, 0) is 29.1 Å². The van der Waals surface area contributed by atoms with Crippen molar-refractivity contribution in [3.8, 4) is 11.5 Å². The standard InChI is InChI=1S/C47H54N3O10PS2/c1-33-31-50(46(53)48-43(33)51)44-42(57-28-27-54-2)41(60-61(49-25-11-12-26-49)63-30-29-62-45(52)34-13-7-5-8-14-34)40(59-44)32-58-47(35-15-9-6-10-16-35,36-17-21-38(55-3)22-18-36)37-19-23-39(56-4)24-20-37/h5-10,13-24,31,40-42,44H,11-12,25-30,32H2,1-4H3,(H,48,51,53)/t40-,41+,42?,44-,61?/m1/s1. The first-order valence-corrected chi connectivity index (χ1v) is 24.7. The lowest BCUT2D eigenvalue weighted by atomic mass is 9.80. The molecule has 2 saturated heterocycles. The van der Waals surface area contributed by atoms with Crippen LogP contribution < -0.4 is 20.7 Å². The number of hydrogen-bond acceptors (Lipinski definition) is 13. The number of carbonyl (C=O) groups excluding carboxylic acids is 1. The number of ether oxygens (including phenoxy) is 6. The minimum absolute atomic E-state index is 0.00931. The van der Waals surface area contributed by atoms with Crippen molar-refractivity contribution >= 4 is 35.8 Å². The van der Waals surface area contributed by atoms with Gasteiger partial charge in [0.2, 0.25) is 5.12 Å². The zero-order valence-corrected chi connectivity index (χ0v) is 38.4. The topological polar surface area (TPSA) is 140 Å². The van der Waals surface area contributed by atoms with Crippen LogP contribution in [0, 0.1) is 6.92 Å². The molecular weight excluding hydrogens is 862 g/mol. The first-order chi connectivity index (χ1) is 30.7. The van der Waals surface area contributed by atoms with Crippen molar-refractivity contribution in [3.63, 3.8) is 0 Å². The highest BCUT2D eigenvalue weighted by molar-refractivity contribution is 8.53. The fourth-order valence-electron chi connectivity index (χ4n) is 7.75. The van der Waals surface area contributed by atoms with Gasteiger partial charge in [-0.3, -0.25) is 23.8 Å². The van der Waals surface area contributed by atoms with Gasteiger partial charge >= 0.3 is 5.69 Å². The van der Waals surface area contributed by atoms with E-state index in [1.54, 1.807) is 39.6 Å². The second-order valence-corrected chi connectivity index (χ2v) is 19.7. The Balaban J connectivity index is 1.28. The van der Waals surface area contributed by atoms with E-state index in [2.05, 4.69) is 9.65 Å². The average Bonchev–Trinajstić information content (AvgIpc) is 3.98. The summed E-state index contributed by atoms with van der Waals surface area (Å²) < 4.78 is 48.5. The zero-order chi connectivity index (χ0) is 44.2. The number of aryl methyl sites for hydroxylation is 1. The van der Waals surface area contributed by atoms with E-state index >= 15 is 0 Å². The molecule has 0 saturated carbocycles. The molecule has 0 bridgehead atoms. The Kier molecular flexibility index (Phi) is 16.7. The molecule has 63 heavy (non-hydrogen) atoms. The molecule has 1 N–H and O–H groups in total. The third-order valence-corrected chi connectivity index (χ3v) is 16.2. The summed E-state index contributed by atoms with van der Waals surface area (Å²) >= 11 is 2.97. The molecule has 2 unspecified atom stereocenters. The van der Waals surface area contributed by atoms with Gasteiger partial charge in [-0.25, -0.2) is 4.79 Å². The first-order valence-electron chi connectivity index (χ1n) is 20.9. The fourth-order valence-corrected chi connectivity index (χ4v) is 13.1. The molecule has 0 spiro atoms. The van der Waals surface area contributed by atoms with Crippen LogP contribution in [-0.4, -0.2) is 103 Å². The largest absolute Gasteiger partial charge is 0.497 e. The molecule has 4 aromatic carbocycles. The molecule has 7 rings (SSSR count). The highest BCUT2D eigenvalue weighted by atomic mass is 32.7. The first kappa shape index (κ1) is 46.7. The quantitative estimate of drug-likeness (QED) is 0.0435. The van der Waals surface area contributed by atoms with Gasteiger partial charge in [0.25, 0.3) is 5.56 Å². The summed E-state index contributed by atoms with van der Waals surface area (Å²) in [7, 11) is 3.54. The normalized spacial score (nSPS) is 19.6. The smallest absolute Gasteiger partial charge is 0.330 e. The zero-order valence-electron chi connectivity index (χ0n) is 35.9. The molecule has 5 aromatic rings. The van der Waals surface area contributed by atoms with Crippen molar-refractivity contribution in [3.05, 3.63) is 164 Å². The maximum Gasteiger partial charge on any atom is 0.330 e. The number of aromatic amines is 1. The SMILES string of the molecule is COCCOC1[C@@H](OP(SCCSC(=O)c2ccccc2)N2CCCC2)[C@@H](COC(c2ccccc2)(c2ccc(OC)cc2)c2ccc(OC)cc2)O[C@H]1n1cc(C)c(=O)[nH]c1=O. The number of benzene rings is 4. The Morgan fingerprint density at radius 2 is 1.40 bits per heavy atom. The minimum atomic E-state index is -1.31. The molecule has 334 valence electrons. The Labute approximate surface area is 377 Å². The van der Waals surface area contributed by atoms with Gasteiger partial charge in [-0.1, -0.05) is 108 Å². The lowest BCUT2D eigenvalue weighted by Gasteiger charge is -2.38. The van der Waals surface area contributed by atoms with E-state index in [0.717, 1.165) is 42.6 Å². The highest BCUT2D eigenvalue weighted by Gasteiger charge is 2.51. The van der Waals surface area contributed by atoms with E-state index in [1.165, 1.54) is 22.5 Å². The molecule has 5 atom stereocenters. The van der Waals surface area contributed by atoms with Crippen molar-refractivity contribution < 1.29 is 37.7 Å². The van der Waals surface area contributed by atoms with Crippen molar-refractivity contribution in [1.82, 2.24) is 14.2 Å². The number of aromatic nitrogens is 2. The molecule has 13 nitrogen and oxygen atoms in total. The Morgan fingerprint density at radius 3 is 2.00 bits per heavy atom. The van der Waals surface area contributed by atoms with Crippen LogP contribution in [0.4, 0.5) is 0 Å². The van der Waals surface area contributed by atoms with Crippen LogP contribution >= 0.6 is 30.6 Å². The maximum atomic E-state index is 13.6. The van der Waals surface area contributed by atoms with E-state index in [4.69, 9.17) is 32.9 Å². The second kappa shape index (κ2) is 22.6. The summed E-state index contributed by atoms with van der Waals surface area (Å²) in [4.78, 5) is 41.7. The van der Waals surface area contributed by atoms with Crippen LogP contribution in [0.3, 0.4) is 0 Å². The Hall–Kier alpha value is -4.28. The Bertz CT molecular complexity index is 2280. The summed E-state index contributed by atoms with van der Waals surface area (Å²) in [6.07, 6.45) is 0.184. The number of nitrogens with one attached hydrogen (secondary N) is 1. The molecule has 3 heterocycles. The summed E-state index contributed by atoms with van der Waals surface area (Å²) in [5, 5.41) is 0.0238. The lowest BCUT2D eigenvalue weighted by molar-refractivity contribution is -0.0990. The van der Waals surface area contributed by atoms with E-state index < -0.39 is 48.9 Å².